The second-order valence-corrected chi connectivity index (χ2v) is 5.66. The van der Waals surface area contributed by atoms with E-state index in [1.54, 1.807) is 0 Å². The van der Waals surface area contributed by atoms with Gasteiger partial charge in [-0.1, -0.05) is 58.1 Å². The Bertz CT molecular complexity index is 184. The topological polar surface area (TPSA) is 3.24 Å². The molecule has 0 heterocycles. The Morgan fingerprint density at radius 2 is 1.33 bits per heavy atom. The van der Waals surface area contributed by atoms with Crippen molar-refractivity contribution in [1.82, 2.24) is 4.90 Å². The summed E-state index contributed by atoms with van der Waals surface area (Å²) in [5.74, 6) is 0. The van der Waals surface area contributed by atoms with E-state index in [1.807, 2.05) is 0 Å². The lowest BCUT2D eigenvalue weighted by Crippen LogP contribution is -2.27. The van der Waals surface area contributed by atoms with E-state index in [1.165, 1.54) is 64.2 Å². The first-order chi connectivity index (χ1) is 8.72. The van der Waals surface area contributed by atoms with Crippen molar-refractivity contribution < 1.29 is 0 Å². The van der Waals surface area contributed by atoms with Gasteiger partial charge in [0.25, 0.3) is 0 Å². The van der Waals surface area contributed by atoms with Crippen LogP contribution in [0.4, 0.5) is 0 Å². The quantitative estimate of drug-likeness (QED) is 0.332. The highest BCUT2D eigenvalue weighted by Gasteiger charge is 2.09. The van der Waals surface area contributed by atoms with Crippen molar-refractivity contribution in [3.63, 3.8) is 0 Å². The van der Waals surface area contributed by atoms with Gasteiger partial charge in [0.15, 0.2) is 0 Å². The van der Waals surface area contributed by atoms with Crippen LogP contribution in [0.15, 0.2) is 12.2 Å². The number of hydrogen-bond acceptors (Lipinski definition) is 1. The van der Waals surface area contributed by atoms with Crippen molar-refractivity contribution in [2.75, 3.05) is 14.1 Å². The SMILES string of the molecule is CCCCC=CCCCC(CCCCC)N(C)C. The maximum Gasteiger partial charge on any atom is 0.00892 e. The second-order valence-electron chi connectivity index (χ2n) is 5.66. The molecule has 0 aromatic rings. The molecule has 0 amide bonds. The molecule has 0 fully saturated rings. The number of allylic oxidation sites excluding steroid dienone is 2. The van der Waals surface area contributed by atoms with Crippen LogP contribution >= 0.6 is 0 Å². The minimum atomic E-state index is 0.792. The van der Waals surface area contributed by atoms with Gasteiger partial charge in [-0.2, -0.15) is 0 Å². The van der Waals surface area contributed by atoms with Crippen LogP contribution in [0, 0.1) is 0 Å². The van der Waals surface area contributed by atoms with E-state index < -0.39 is 0 Å². The molecule has 0 aromatic heterocycles. The zero-order valence-corrected chi connectivity index (χ0v) is 13.3. The lowest BCUT2D eigenvalue weighted by atomic mass is 10.0. The molecular weight excluding hydrogens is 218 g/mol. The average molecular weight is 253 g/mol. The van der Waals surface area contributed by atoms with E-state index >= 15 is 0 Å². The molecule has 0 N–H and O–H groups in total. The smallest absolute Gasteiger partial charge is 0.00892 e. The highest BCUT2D eigenvalue weighted by molar-refractivity contribution is 4.82. The van der Waals surface area contributed by atoms with Gasteiger partial charge in [-0.15, -0.1) is 0 Å². The van der Waals surface area contributed by atoms with Gasteiger partial charge >= 0.3 is 0 Å². The summed E-state index contributed by atoms with van der Waals surface area (Å²) in [4.78, 5) is 2.41. The van der Waals surface area contributed by atoms with E-state index in [4.69, 9.17) is 0 Å². The monoisotopic (exact) mass is 253 g/mol. The third-order valence-corrected chi connectivity index (χ3v) is 3.67. The first-order valence-corrected chi connectivity index (χ1v) is 8.03. The van der Waals surface area contributed by atoms with Gasteiger partial charge in [0.2, 0.25) is 0 Å². The maximum atomic E-state index is 2.41. The van der Waals surface area contributed by atoms with Gasteiger partial charge in [0, 0.05) is 6.04 Å². The molecule has 0 aromatic carbocycles. The molecule has 0 bridgehead atoms. The van der Waals surface area contributed by atoms with Crippen molar-refractivity contribution in [2.24, 2.45) is 0 Å². The van der Waals surface area contributed by atoms with E-state index in [9.17, 15) is 0 Å². The number of rotatable bonds is 12. The molecule has 0 aliphatic heterocycles. The fraction of sp³-hybridized carbons (Fsp3) is 0.882. The van der Waals surface area contributed by atoms with Crippen LogP contribution < -0.4 is 0 Å². The van der Waals surface area contributed by atoms with E-state index in [2.05, 4.69) is 45.0 Å². The maximum absolute atomic E-state index is 2.41. The summed E-state index contributed by atoms with van der Waals surface area (Å²) in [5, 5.41) is 0. The molecule has 0 radical (unpaired) electrons. The molecule has 0 aliphatic carbocycles. The Labute approximate surface area is 116 Å². The van der Waals surface area contributed by atoms with Crippen LogP contribution in [-0.4, -0.2) is 25.0 Å². The van der Waals surface area contributed by atoms with Crippen molar-refractivity contribution in [3.8, 4) is 0 Å². The van der Waals surface area contributed by atoms with E-state index in [0.29, 0.717) is 0 Å². The van der Waals surface area contributed by atoms with Crippen LogP contribution in [0.3, 0.4) is 0 Å². The number of nitrogens with zero attached hydrogens (tertiary/aromatic N) is 1. The van der Waals surface area contributed by atoms with Gasteiger partial charge in [0.1, 0.15) is 0 Å². The molecule has 108 valence electrons. The number of hydrogen-bond donors (Lipinski definition) is 0. The molecule has 0 rings (SSSR count). The zero-order chi connectivity index (χ0) is 13.6. The molecular formula is C17H35N. The zero-order valence-electron chi connectivity index (χ0n) is 13.3. The van der Waals surface area contributed by atoms with Crippen molar-refractivity contribution >= 4 is 0 Å². The normalized spacial score (nSPS) is 13.6. The van der Waals surface area contributed by atoms with Crippen LogP contribution in [0.25, 0.3) is 0 Å². The highest BCUT2D eigenvalue weighted by atomic mass is 15.1. The Kier molecular flexibility index (Phi) is 12.9. The lowest BCUT2D eigenvalue weighted by molar-refractivity contribution is 0.254. The molecule has 1 unspecified atom stereocenters. The van der Waals surface area contributed by atoms with Gasteiger partial charge < -0.3 is 4.90 Å². The molecule has 1 nitrogen and oxygen atoms in total. The standard InChI is InChI=1S/C17H35N/c1-5-7-9-10-11-12-14-16-17(18(3)4)15-13-8-6-2/h10-11,17H,5-9,12-16H2,1-4H3. The molecule has 1 heteroatoms. The van der Waals surface area contributed by atoms with Crippen molar-refractivity contribution in [1.29, 1.82) is 0 Å². The molecule has 0 spiro atoms. The predicted molar refractivity (Wildman–Crippen MR) is 84.1 cm³/mol. The summed E-state index contributed by atoms with van der Waals surface area (Å²) >= 11 is 0. The minimum Gasteiger partial charge on any atom is -0.306 e. The van der Waals surface area contributed by atoms with Gasteiger partial charge in [-0.3, -0.25) is 0 Å². The van der Waals surface area contributed by atoms with Crippen LogP contribution in [-0.2, 0) is 0 Å². The number of unbranched alkanes of at least 4 members (excludes halogenated alkanes) is 5. The Morgan fingerprint density at radius 3 is 1.89 bits per heavy atom. The fourth-order valence-corrected chi connectivity index (χ4v) is 2.32. The molecule has 0 saturated carbocycles. The third kappa shape index (κ3) is 10.8. The Balaban J connectivity index is 3.60. The summed E-state index contributed by atoms with van der Waals surface area (Å²) in [6.07, 6.45) is 18.1. The van der Waals surface area contributed by atoms with Crippen LogP contribution in [0.5, 0.6) is 0 Å². The molecule has 0 aliphatic rings. The first kappa shape index (κ1) is 17.7. The van der Waals surface area contributed by atoms with Crippen LogP contribution in [0.1, 0.15) is 78.1 Å². The molecule has 18 heavy (non-hydrogen) atoms. The predicted octanol–water partition coefficient (Wildman–Crippen LogP) is 5.41. The van der Waals surface area contributed by atoms with Crippen molar-refractivity contribution in [3.05, 3.63) is 12.2 Å². The summed E-state index contributed by atoms with van der Waals surface area (Å²) in [7, 11) is 4.46. The van der Waals surface area contributed by atoms with Gasteiger partial charge in [0.05, 0.1) is 0 Å². The first-order valence-electron chi connectivity index (χ1n) is 8.03. The van der Waals surface area contributed by atoms with E-state index in [-0.39, 0.29) is 0 Å². The Morgan fingerprint density at radius 1 is 0.778 bits per heavy atom. The lowest BCUT2D eigenvalue weighted by Gasteiger charge is -2.24. The van der Waals surface area contributed by atoms with Gasteiger partial charge in [-0.25, -0.2) is 0 Å². The largest absolute Gasteiger partial charge is 0.306 e. The summed E-state index contributed by atoms with van der Waals surface area (Å²) < 4.78 is 0. The fourth-order valence-electron chi connectivity index (χ4n) is 2.32. The summed E-state index contributed by atoms with van der Waals surface area (Å²) in [6, 6.07) is 0.792. The minimum absolute atomic E-state index is 0.792. The molecule has 0 saturated heterocycles. The van der Waals surface area contributed by atoms with Gasteiger partial charge in [-0.05, 0) is 46.2 Å². The van der Waals surface area contributed by atoms with Crippen LogP contribution in [0.2, 0.25) is 0 Å². The molecule has 1 atom stereocenters. The van der Waals surface area contributed by atoms with E-state index in [0.717, 1.165) is 6.04 Å². The highest BCUT2D eigenvalue weighted by Crippen LogP contribution is 2.14. The van der Waals surface area contributed by atoms with Crippen molar-refractivity contribution in [2.45, 2.75) is 84.1 Å². The Hall–Kier alpha value is -0.300. The summed E-state index contributed by atoms with van der Waals surface area (Å²) in [6.45, 7) is 4.54. The second kappa shape index (κ2) is 13.1. The average Bonchev–Trinajstić information content (AvgIpc) is 2.35. The summed E-state index contributed by atoms with van der Waals surface area (Å²) in [5.41, 5.74) is 0. The third-order valence-electron chi connectivity index (χ3n) is 3.67.